The Morgan fingerprint density at radius 1 is 1.43 bits per heavy atom. The maximum atomic E-state index is 13.5. The van der Waals surface area contributed by atoms with Crippen molar-refractivity contribution >= 4 is 5.91 Å². The smallest absolute Gasteiger partial charge is 0.224 e. The quantitative estimate of drug-likeness (QED) is 0.756. The number of hydrogen-bond acceptors (Lipinski definition) is 4. The van der Waals surface area contributed by atoms with Crippen molar-refractivity contribution in [3.63, 3.8) is 0 Å². The lowest BCUT2D eigenvalue weighted by Gasteiger charge is -2.30. The Morgan fingerprint density at radius 2 is 2.11 bits per heavy atom. The Morgan fingerprint density at radius 3 is 2.71 bits per heavy atom. The molecule has 0 spiro atoms. The maximum absolute atomic E-state index is 13.5. The van der Waals surface area contributed by atoms with Crippen LogP contribution in [0.3, 0.4) is 0 Å². The highest BCUT2D eigenvalue weighted by atomic mass is 19.1. The Kier molecular flexibility index (Phi) is 6.65. The number of rotatable bonds is 5. The lowest BCUT2D eigenvalue weighted by Crippen LogP contribution is -2.31. The molecule has 1 aliphatic heterocycles. The number of nitrogens with two attached hydrogens (primary N) is 1. The van der Waals surface area contributed by atoms with Gasteiger partial charge in [-0.1, -0.05) is 27.4 Å². The van der Waals surface area contributed by atoms with Gasteiger partial charge in [-0.2, -0.15) is 0 Å². The summed E-state index contributed by atoms with van der Waals surface area (Å²) >= 11 is 0. The molecule has 5 nitrogen and oxygen atoms in total. The van der Waals surface area contributed by atoms with Crippen LogP contribution in [-0.4, -0.2) is 22.3 Å². The van der Waals surface area contributed by atoms with E-state index in [2.05, 4.69) is 21.8 Å². The molecule has 0 bridgehead atoms. The Bertz CT molecular complexity index is 829. The summed E-state index contributed by atoms with van der Waals surface area (Å²) < 4.78 is 13.5. The summed E-state index contributed by atoms with van der Waals surface area (Å²) in [6.07, 6.45) is 4.30. The number of amides is 1. The molecule has 2 heterocycles. The van der Waals surface area contributed by atoms with Crippen LogP contribution in [0.15, 0.2) is 47.6 Å². The molecule has 0 atom stereocenters. The van der Waals surface area contributed by atoms with Crippen LogP contribution in [-0.2, 0) is 17.8 Å². The molecule has 1 aromatic rings. The van der Waals surface area contributed by atoms with Gasteiger partial charge in [-0.15, -0.1) is 0 Å². The molecule has 3 N–H and O–H groups in total. The van der Waals surface area contributed by atoms with Crippen molar-refractivity contribution in [1.29, 1.82) is 0 Å². The van der Waals surface area contributed by atoms with Gasteiger partial charge in [0, 0.05) is 43.0 Å². The third kappa shape index (κ3) is 5.94. The summed E-state index contributed by atoms with van der Waals surface area (Å²) in [5, 5.41) is 2.93. The van der Waals surface area contributed by atoms with E-state index in [-0.39, 0.29) is 17.1 Å². The molecule has 0 fully saturated rings. The number of carbonyl (C=O) groups excluding carboxylic acids is 1. The standard InChI is InChI=1S/C22H31FN4O/c1-14(21(16(3)24)26-20(28)11-22(4,5)6)9-15(2)27-8-7-19-17(13-27)10-18(23)12-25-19/h9-10,12H,2,7-8,11,13,24H2,1,3-6H3,(H,26,28)/b14-9-,21-16+. The first-order valence-electron chi connectivity index (χ1n) is 9.48. The number of pyridine rings is 1. The molecule has 1 aliphatic rings. The summed E-state index contributed by atoms with van der Waals surface area (Å²) in [5.41, 5.74) is 10.5. The second-order valence-corrected chi connectivity index (χ2v) is 8.59. The zero-order valence-electron chi connectivity index (χ0n) is 17.5. The van der Waals surface area contributed by atoms with Crippen LogP contribution in [0.2, 0.25) is 0 Å². The van der Waals surface area contributed by atoms with Crippen LogP contribution in [0.25, 0.3) is 0 Å². The number of fused-ring (bicyclic) bond motifs is 1. The summed E-state index contributed by atoms with van der Waals surface area (Å²) in [6, 6.07) is 1.53. The van der Waals surface area contributed by atoms with Crippen molar-refractivity contribution < 1.29 is 9.18 Å². The summed E-state index contributed by atoms with van der Waals surface area (Å²) in [7, 11) is 0. The monoisotopic (exact) mass is 386 g/mol. The lowest BCUT2D eigenvalue weighted by molar-refractivity contribution is -0.122. The van der Waals surface area contributed by atoms with Crippen molar-refractivity contribution in [2.45, 2.75) is 54.0 Å². The van der Waals surface area contributed by atoms with E-state index in [1.807, 2.05) is 33.8 Å². The van der Waals surface area contributed by atoms with Crippen LogP contribution < -0.4 is 11.1 Å². The Balaban J connectivity index is 2.12. The van der Waals surface area contributed by atoms with Crippen molar-refractivity contribution in [1.82, 2.24) is 15.2 Å². The zero-order valence-corrected chi connectivity index (χ0v) is 17.5. The number of nitrogens with one attached hydrogen (secondary N) is 1. The highest BCUT2D eigenvalue weighted by Crippen LogP contribution is 2.23. The van der Waals surface area contributed by atoms with Gasteiger partial charge >= 0.3 is 0 Å². The number of allylic oxidation sites excluding steroid dienone is 3. The molecule has 1 aromatic heterocycles. The van der Waals surface area contributed by atoms with Gasteiger partial charge in [0.2, 0.25) is 5.91 Å². The largest absolute Gasteiger partial charge is 0.401 e. The SMILES string of the molecule is C=C(/C=C(C)\C(NC(=O)CC(C)(C)C)=C(\C)N)N1CCc2ncc(F)cc2C1. The molecule has 6 heteroatoms. The minimum absolute atomic E-state index is 0.0703. The second-order valence-electron chi connectivity index (χ2n) is 8.59. The molecular weight excluding hydrogens is 355 g/mol. The minimum Gasteiger partial charge on any atom is -0.401 e. The van der Waals surface area contributed by atoms with E-state index in [9.17, 15) is 9.18 Å². The van der Waals surface area contributed by atoms with Gasteiger partial charge in [-0.25, -0.2) is 4.39 Å². The summed E-state index contributed by atoms with van der Waals surface area (Å²) in [6.45, 7) is 15.2. The first-order chi connectivity index (χ1) is 13.0. The highest BCUT2D eigenvalue weighted by Gasteiger charge is 2.20. The first kappa shape index (κ1) is 21.7. The van der Waals surface area contributed by atoms with Crippen molar-refractivity contribution in [3.05, 3.63) is 64.7 Å². The van der Waals surface area contributed by atoms with E-state index >= 15 is 0 Å². The van der Waals surface area contributed by atoms with E-state index in [1.54, 1.807) is 6.92 Å². The van der Waals surface area contributed by atoms with Gasteiger partial charge < -0.3 is 16.0 Å². The first-order valence-corrected chi connectivity index (χ1v) is 9.48. The van der Waals surface area contributed by atoms with Crippen LogP contribution in [0.5, 0.6) is 0 Å². The van der Waals surface area contributed by atoms with Crippen LogP contribution in [0, 0.1) is 11.2 Å². The number of nitrogens with zero attached hydrogens (tertiary/aromatic N) is 2. The van der Waals surface area contributed by atoms with Crippen LogP contribution in [0.4, 0.5) is 4.39 Å². The molecule has 0 saturated carbocycles. The van der Waals surface area contributed by atoms with Gasteiger partial charge in [-0.3, -0.25) is 9.78 Å². The molecule has 1 amide bonds. The Labute approximate surface area is 167 Å². The predicted molar refractivity (Wildman–Crippen MR) is 110 cm³/mol. The molecule has 0 aliphatic carbocycles. The van der Waals surface area contributed by atoms with Gasteiger partial charge in [0.05, 0.1) is 11.9 Å². The number of carbonyl (C=O) groups is 1. The number of aromatic nitrogens is 1. The van der Waals surface area contributed by atoms with Crippen molar-refractivity contribution in [2.24, 2.45) is 11.1 Å². The summed E-state index contributed by atoms with van der Waals surface area (Å²) in [5.74, 6) is -0.400. The van der Waals surface area contributed by atoms with E-state index in [0.717, 1.165) is 35.5 Å². The Hall–Kier alpha value is -2.63. The maximum Gasteiger partial charge on any atom is 0.224 e. The van der Waals surface area contributed by atoms with Crippen LogP contribution in [0.1, 0.15) is 52.3 Å². The molecular formula is C22H31FN4O. The van der Waals surface area contributed by atoms with E-state index < -0.39 is 0 Å². The highest BCUT2D eigenvalue weighted by molar-refractivity contribution is 5.79. The third-order valence-corrected chi connectivity index (χ3v) is 4.54. The minimum atomic E-state index is -0.330. The lowest BCUT2D eigenvalue weighted by atomic mass is 9.92. The van der Waals surface area contributed by atoms with Gasteiger partial charge in [0.1, 0.15) is 5.82 Å². The molecule has 28 heavy (non-hydrogen) atoms. The van der Waals surface area contributed by atoms with Gasteiger partial charge in [0.25, 0.3) is 0 Å². The fourth-order valence-corrected chi connectivity index (χ4v) is 3.23. The van der Waals surface area contributed by atoms with Gasteiger partial charge in [0.15, 0.2) is 0 Å². The molecule has 0 radical (unpaired) electrons. The number of halogens is 1. The average molecular weight is 387 g/mol. The normalized spacial score (nSPS) is 15.6. The van der Waals surface area contributed by atoms with Crippen molar-refractivity contribution in [2.75, 3.05) is 6.54 Å². The summed E-state index contributed by atoms with van der Waals surface area (Å²) in [4.78, 5) is 18.6. The second kappa shape index (κ2) is 8.59. The molecule has 2 rings (SSSR count). The average Bonchev–Trinajstić information content (AvgIpc) is 2.56. The fourth-order valence-electron chi connectivity index (χ4n) is 3.23. The predicted octanol–water partition coefficient (Wildman–Crippen LogP) is 3.78. The topological polar surface area (TPSA) is 71.2 Å². The fraction of sp³-hybridized carbons (Fsp3) is 0.455. The zero-order chi connectivity index (χ0) is 21.1. The van der Waals surface area contributed by atoms with Gasteiger partial charge in [-0.05, 0) is 42.5 Å². The molecule has 152 valence electrons. The van der Waals surface area contributed by atoms with Crippen LogP contribution >= 0.6 is 0 Å². The van der Waals surface area contributed by atoms with E-state index in [0.29, 0.717) is 24.4 Å². The third-order valence-electron chi connectivity index (χ3n) is 4.54. The molecule has 0 aromatic carbocycles. The van der Waals surface area contributed by atoms with E-state index in [4.69, 9.17) is 5.73 Å². The number of hydrogen-bond donors (Lipinski definition) is 2. The molecule has 0 saturated heterocycles. The van der Waals surface area contributed by atoms with E-state index in [1.165, 1.54) is 12.3 Å². The van der Waals surface area contributed by atoms with Crippen molar-refractivity contribution in [3.8, 4) is 0 Å². The molecule has 0 unspecified atom stereocenters.